The minimum absolute atomic E-state index is 0.405. The fourth-order valence-electron chi connectivity index (χ4n) is 1.44. The Kier molecular flexibility index (Phi) is 4.40. The van der Waals surface area contributed by atoms with Crippen LogP contribution >= 0.6 is 0 Å². The monoisotopic (exact) mass is 244 g/mol. The predicted octanol–water partition coefficient (Wildman–Crippen LogP) is -0.447. The van der Waals surface area contributed by atoms with E-state index in [1.807, 2.05) is 0 Å². The van der Waals surface area contributed by atoms with Crippen LogP contribution in [-0.4, -0.2) is 60.7 Å². The summed E-state index contributed by atoms with van der Waals surface area (Å²) in [7, 11) is 5.42. The smallest absolute Gasteiger partial charge is 0.429 e. The summed E-state index contributed by atoms with van der Waals surface area (Å²) in [5, 5.41) is 18.6. The maximum absolute atomic E-state index is 11.4. The van der Waals surface area contributed by atoms with E-state index >= 15 is 0 Å². The zero-order valence-electron chi connectivity index (χ0n) is 10.1. The molecule has 4 atom stereocenters. The van der Waals surface area contributed by atoms with Crippen LogP contribution in [-0.2, 0) is 14.2 Å². The average Bonchev–Trinajstić information content (AvgIpc) is 2.42. The van der Waals surface area contributed by atoms with Gasteiger partial charge in [0, 0.05) is 6.00 Å². The molecule has 1 unspecified atom stereocenters. The van der Waals surface area contributed by atoms with Crippen LogP contribution in [0.1, 0.15) is 20.8 Å². The van der Waals surface area contributed by atoms with Crippen molar-refractivity contribution in [1.82, 2.24) is 0 Å². The van der Waals surface area contributed by atoms with Gasteiger partial charge in [-0.3, -0.25) is 0 Å². The van der Waals surface area contributed by atoms with Crippen molar-refractivity contribution in [2.45, 2.75) is 50.7 Å². The van der Waals surface area contributed by atoms with Gasteiger partial charge >= 0.3 is 6.16 Å². The highest BCUT2D eigenvalue weighted by molar-refractivity contribution is 6.11. The Morgan fingerprint density at radius 1 is 1.47 bits per heavy atom. The van der Waals surface area contributed by atoms with E-state index < -0.39 is 42.7 Å². The Labute approximate surface area is 101 Å². The molecule has 0 amide bonds. The summed E-state index contributed by atoms with van der Waals surface area (Å²) in [5.41, 5.74) is -0.696. The van der Waals surface area contributed by atoms with E-state index in [1.54, 1.807) is 20.8 Å². The van der Waals surface area contributed by atoms with Crippen LogP contribution in [0, 0.1) is 0 Å². The Morgan fingerprint density at radius 3 is 2.53 bits per heavy atom. The van der Waals surface area contributed by atoms with Gasteiger partial charge in [-0.15, -0.1) is 0 Å². The molecule has 1 rings (SSSR count). The van der Waals surface area contributed by atoms with Crippen LogP contribution in [0.4, 0.5) is 4.79 Å². The van der Waals surface area contributed by atoms with E-state index in [0.717, 1.165) is 0 Å². The standard InChI is InChI=1S/C10H17BO6/c1-10(2,3)17-9(14)16-7-5(4-12)15-8(11)6(7)13/h5-8,12-13H,4H2,1-3H3/t5-,6?,7+,8-/m1/s1. The molecule has 0 bridgehead atoms. The number of hydrogen-bond donors (Lipinski definition) is 2. The average molecular weight is 244 g/mol. The Morgan fingerprint density at radius 2 is 2.06 bits per heavy atom. The van der Waals surface area contributed by atoms with Gasteiger partial charge in [-0.25, -0.2) is 4.79 Å². The Hall–Kier alpha value is -0.785. The van der Waals surface area contributed by atoms with E-state index in [9.17, 15) is 9.90 Å². The van der Waals surface area contributed by atoms with Crippen LogP contribution in [0.3, 0.4) is 0 Å². The highest BCUT2D eigenvalue weighted by Crippen LogP contribution is 2.23. The largest absolute Gasteiger partial charge is 0.509 e. The zero-order chi connectivity index (χ0) is 13.2. The number of ether oxygens (including phenoxy) is 3. The molecule has 6 nitrogen and oxygen atoms in total. The van der Waals surface area contributed by atoms with E-state index in [2.05, 4.69) is 0 Å². The first kappa shape index (κ1) is 14.3. The van der Waals surface area contributed by atoms with Gasteiger partial charge in [0.05, 0.1) is 6.61 Å². The molecule has 1 aliphatic heterocycles. The minimum atomic E-state index is -1.18. The molecule has 0 aromatic carbocycles. The van der Waals surface area contributed by atoms with Crippen molar-refractivity contribution in [1.29, 1.82) is 0 Å². The molecule has 1 aliphatic rings. The van der Waals surface area contributed by atoms with Gasteiger partial charge in [-0.2, -0.15) is 0 Å². The molecular formula is C10H17BO6. The summed E-state index contributed by atoms with van der Waals surface area (Å²) >= 11 is 0. The van der Waals surface area contributed by atoms with Crippen LogP contribution in [0.2, 0.25) is 0 Å². The van der Waals surface area contributed by atoms with Crippen molar-refractivity contribution in [3.63, 3.8) is 0 Å². The van der Waals surface area contributed by atoms with E-state index in [1.165, 1.54) is 0 Å². The van der Waals surface area contributed by atoms with Crippen molar-refractivity contribution >= 4 is 14.0 Å². The number of rotatable bonds is 2. The molecule has 2 radical (unpaired) electrons. The number of carbonyl (C=O) groups is 1. The molecule has 1 fully saturated rings. The molecule has 0 aromatic rings. The van der Waals surface area contributed by atoms with Gasteiger partial charge in [-0.05, 0) is 20.8 Å². The van der Waals surface area contributed by atoms with Gasteiger partial charge in [0.2, 0.25) is 0 Å². The molecule has 96 valence electrons. The lowest BCUT2D eigenvalue weighted by atomic mass is 9.93. The fraction of sp³-hybridized carbons (Fsp3) is 0.900. The molecule has 0 spiro atoms. The van der Waals surface area contributed by atoms with Crippen molar-refractivity contribution < 1.29 is 29.2 Å². The maximum atomic E-state index is 11.4. The SMILES string of the molecule is [B][C@@H]1O[C@H](CO)[C@H](OC(=O)OC(C)(C)C)C1O. The van der Waals surface area contributed by atoms with Crippen molar-refractivity contribution in [2.24, 2.45) is 0 Å². The van der Waals surface area contributed by atoms with Gasteiger partial charge in [0.15, 0.2) is 6.10 Å². The van der Waals surface area contributed by atoms with Crippen molar-refractivity contribution in [2.75, 3.05) is 6.61 Å². The lowest BCUT2D eigenvalue weighted by molar-refractivity contribution is -0.0675. The fourth-order valence-corrected chi connectivity index (χ4v) is 1.44. The summed E-state index contributed by atoms with van der Waals surface area (Å²) in [6, 6.07) is -0.986. The third-order valence-corrected chi connectivity index (χ3v) is 2.17. The summed E-state index contributed by atoms with van der Waals surface area (Å²) < 4.78 is 14.8. The summed E-state index contributed by atoms with van der Waals surface area (Å²) in [4.78, 5) is 11.4. The third-order valence-electron chi connectivity index (χ3n) is 2.17. The highest BCUT2D eigenvalue weighted by atomic mass is 16.7. The molecule has 1 heterocycles. The maximum Gasteiger partial charge on any atom is 0.509 e. The molecule has 17 heavy (non-hydrogen) atoms. The third kappa shape index (κ3) is 3.87. The first-order valence-electron chi connectivity index (χ1n) is 5.34. The minimum Gasteiger partial charge on any atom is -0.429 e. The molecule has 0 aliphatic carbocycles. The van der Waals surface area contributed by atoms with E-state index in [0.29, 0.717) is 0 Å². The summed E-state index contributed by atoms with van der Waals surface area (Å²) in [6.45, 7) is 4.65. The topological polar surface area (TPSA) is 85.2 Å². The predicted molar refractivity (Wildman–Crippen MR) is 58.6 cm³/mol. The molecular weight excluding hydrogens is 227 g/mol. The van der Waals surface area contributed by atoms with Crippen molar-refractivity contribution in [3.8, 4) is 0 Å². The first-order valence-corrected chi connectivity index (χ1v) is 5.34. The zero-order valence-corrected chi connectivity index (χ0v) is 10.1. The lowest BCUT2D eigenvalue weighted by Gasteiger charge is -2.23. The van der Waals surface area contributed by atoms with Crippen molar-refractivity contribution in [3.05, 3.63) is 0 Å². The van der Waals surface area contributed by atoms with Crippen LogP contribution in [0.25, 0.3) is 0 Å². The summed E-state index contributed by atoms with van der Waals surface area (Å²) in [6.07, 6.45) is -3.98. The normalized spacial score (nSPS) is 33.5. The Bertz CT molecular complexity index is 276. The Balaban J connectivity index is 2.57. The second-order valence-corrected chi connectivity index (χ2v) is 4.86. The second kappa shape index (κ2) is 5.24. The highest BCUT2D eigenvalue weighted by Gasteiger charge is 2.44. The van der Waals surface area contributed by atoms with Gasteiger partial charge in [0.25, 0.3) is 0 Å². The number of hydrogen-bond acceptors (Lipinski definition) is 6. The van der Waals surface area contributed by atoms with Crippen LogP contribution in [0.5, 0.6) is 0 Å². The first-order chi connectivity index (χ1) is 7.74. The van der Waals surface area contributed by atoms with Gasteiger partial charge in [-0.1, -0.05) is 0 Å². The molecule has 1 saturated heterocycles. The summed E-state index contributed by atoms with van der Waals surface area (Å²) in [5.74, 6) is 0. The molecule has 7 heteroatoms. The van der Waals surface area contributed by atoms with Gasteiger partial charge in [0.1, 0.15) is 25.7 Å². The number of carbonyl (C=O) groups excluding carboxylic acids is 1. The van der Waals surface area contributed by atoms with Crippen LogP contribution in [0.15, 0.2) is 0 Å². The second-order valence-electron chi connectivity index (χ2n) is 4.86. The van der Waals surface area contributed by atoms with E-state index in [4.69, 9.17) is 27.2 Å². The van der Waals surface area contributed by atoms with Gasteiger partial charge < -0.3 is 24.4 Å². The quantitative estimate of drug-likeness (QED) is 0.505. The molecule has 2 N–H and O–H groups in total. The molecule has 0 aromatic heterocycles. The number of aliphatic hydroxyl groups is 2. The van der Waals surface area contributed by atoms with E-state index in [-0.39, 0.29) is 0 Å². The number of aliphatic hydroxyl groups excluding tert-OH is 2. The lowest BCUT2D eigenvalue weighted by Crippen LogP contribution is -2.39. The molecule has 0 saturated carbocycles. The van der Waals surface area contributed by atoms with Crippen LogP contribution < -0.4 is 0 Å².